The molecule has 0 unspecified atom stereocenters. The Hall–Kier alpha value is -1.06. The number of ether oxygens (including phenoxy) is 1. The first kappa shape index (κ1) is 17.9. The normalized spacial score (nSPS) is 9.26. The smallest absolute Gasteiger partial charge is 0.0160 e. The first-order valence-electron chi connectivity index (χ1n) is 5.64. The maximum atomic E-state index is 4.60. The molecule has 1 aromatic carbocycles. The summed E-state index contributed by atoms with van der Waals surface area (Å²) in [6, 6.07) is 16.8. The predicted octanol–water partition coefficient (Wildman–Crippen LogP) is 2.86. The van der Waals surface area contributed by atoms with Gasteiger partial charge in [-0.1, -0.05) is 12.1 Å². The summed E-state index contributed by atoms with van der Waals surface area (Å²) in [5.74, 6) is 0. The van der Waals surface area contributed by atoms with Crippen molar-refractivity contribution >= 4 is 0 Å². The second-order valence-corrected chi connectivity index (χ2v) is 3.80. The van der Waals surface area contributed by atoms with E-state index in [0.29, 0.717) is 0 Å². The van der Waals surface area contributed by atoms with E-state index in [0.717, 1.165) is 11.3 Å². The monoisotopic (exact) mass is 435 g/mol. The van der Waals surface area contributed by atoms with E-state index in [4.69, 9.17) is 0 Å². The molecule has 0 N–H and O–H groups in total. The van der Waals surface area contributed by atoms with E-state index in [1.165, 1.54) is 0 Å². The molecule has 105 valence electrons. The first-order valence-corrected chi connectivity index (χ1v) is 5.64. The number of aromatic nitrogens is 1. The molecule has 0 atom stereocenters. The van der Waals surface area contributed by atoms with Gasteiger partial charge in [-0.2, -0.15) is 6.73 Å². The van der Waals surface area contributed by atoms with Gasteiger partial charge in [0.25, 0.3) is 0 Å². The summed E-state index contributed by atoms with van der Waals surface area (Å²) in [6.45, 7) is 1.62. The van der Waals surface area contributed by atoms with Crippen LogP contribution in [0, 0.1) is 12.8 Å². The van der Waals surface area contributed by atoms with Crippen LogP contribution in [0.2, 0.25) is 0 Å². The molecular weight excluding hydrogens is 416 g/mol. The van der Waals surface area contributed by atoms with Gasteiger partial charge in [0.05, 0.1) is 0 Å². The Morgan fingerprint density at radius 1 is 1.16 bits per heavy atom. The van der Waals surface area contributed by atoms with Crippen molar-refractivity contribution in [2.75, 3.05) is 21.2 Å². The first-order chi connectivity index (χ1) is 8.74. The number of hydrogen-bond acceptors (Lipinski definition) is 3. The fourth-order valence-electron chi connectivity index (χ4n) is 1.29. The third-order valence-electron chi connectivity index (χ3n) is 1.97. The van der Waals surface area contributed by atoms with Crippen LogP contribution in [0.4, 0.5) is 0 Å². The predicted molar refractivity (Wildman–Crippen MR) is 73.5 cm³/mol. The summed E-state index contributed by atoms with van der Waals surface area (Å²) in [5.41, 5.74) is 2.01. The third kappa shape index (κ3) is 7.85. The molecule has 1 aromatic heterocycles. The van der Waals surface area contributed by atoms with Gasteiger partial charge in [0.15, 0.2) is 0 Å². The molecule has 0 spiro atoms. The quantitative estimate of drug-likeness (QED) is 0.695. The topological polar surface area (TPSA) is 25.4 Å². The summed E-state index contributed by atoms with van der Waals surface area (Å²) in [6.07, 6.45) is 1.79. The van der Waals surface area contributed by atoms with Gasteiger partial charge in [0.1, 0.15) is 0 Å². The van der Waals surface area contributed by atoms with Crippen LogP contribution in [0.1, 0.15) is 0 Å². The number of nitrogens with zero attached hydrogens (tertiary/aromatic N) is 2. The number of pyridine rings is 1. The standard InChI is InChI=1S/C11H8N.C4H10NO.Ir/c1-2-6-10(7-3-1)11-8-4-5-9-12-11;1-5(2)4-6-3;/h1-6,8-9H;4H,1-3H3;/q2*-1;. The molecule has 3 nitrogen and oxygen atoms in total. The molecule has 1 radical (unpaired) electrons. The van der Waals surface area contributed by atoms with Crippen molar-refractivity contribution in [1.29, 1.82) is 0 Å². The van der Waals surface area contributed by atoms with Gasteiger partial charge in [-0.25, -0.2) is 0 Å². The van der Waals surface area contributed by atoms with Gasteiger partial charge in [0.2, 0.25) is 0 Å². The van der Waals surface area contributed by atoms with Crippen LogP contribution in [-0.2, 0) is 24.8 Å². The molecule has 2 rings (SSSR count). The van der Waals surface area contributed by atoms with E-state index < -0.39 is 0 Å². The van der Waals surface area contributed by atoms with E-state index >= 15 is 0 Å². The Morgan fingerprint density at radius 3 is 2.32 bits per heavy atom. The Labute approximate surface area is 129 Å². The second kappa shape index (κ2) is 10.8. The van der Waals surface area contributed by atoms with E-state index in [1.807, 2.05) is 61.5 Å². The number of methoxy groups -OCH3 is 1. The van der Waals surface area contributed by atoms with E-state index in [2.05, 4.69) is 15.8 Å². The van der Waals surface area contributed by atoms with Gasteiger partial charge in [-0.3, -0.25) is 0 Å². The fraction of sp³-hybridized carbons (Fsp3) is 0.200. The molecular formula is C15H18IrN2O-2. The molecule has 1 heterocycles. The molecule has 0 fully saturated rings. The van der Waals surface area contributed by atoms with E-state index in [-0.39, 0.29) is 20.1 Å². The Morgan fingerprint density at radius 2 is 1.89 bits per heavy atom. The molecule has 0 amide bonds. The number of benzene rings is 1. The van der Waals surface area contributed by atoms with E-state index in [1.54, 1.807) is 20.0 Å². The molecule has 0 bridgehead atoms. The van der Waals surface area contributed by atoms with Crippen LogP contribution in [0.15, 0.2) is 48.7 Å². The Kier molecular flexibility index (Phi) is 10.2. The average molecular weight is 435 g/mol. The van der Waals surface area contributed by atoms with Gasteiger partial charge in [-0.15, -0.1) is 35.9 Å². The van der Waals surface area contributed by atoms with Crippen molar-refractivity contribution in [1.82, 2.24) is 9.88 Å². The largest absolute Gasteiger partial charge is 0.539 e. The number of rotatable bonds is 3. The Balaban J connectivity index is 0.000000404. The summed E-state index contributed by atoms with van der Waals surface area (Å²) in [7, 11) is 5.44. The Bertz CT molecular complexity index is 383. The van der Waals surface area contributed by atoms with Crippen LogP contribution in [0.5, 0.6) is 0 Å². The maximum Gasteiger partial charge on any atom is 0.0160 e. The maximum absolute atomic E-state index is 4.60. The molecule has 4 heteroatoms. The molecule has 2 aromatic rings. The SMILES string of the molecule is CO[CH-]N(C)C.[Ir].[c-]1ccccc1-c1ccccn1. The van der Waals surface area contributed by atoms with Gasteiger partial charge < -0.3 is 14.6 Å². The summed E-state index contributed by atoms with van der Waals surface area (Å²) in [4.78, 5) is 6.05. The summed E-state index contributed by atoms with van der Waals surface area (Å²) in [5, 5.41) is 0. The van der Waals surface area contributed by atoms with Crippen molar-refractivity contribution in [2.45, 2.75) is 0 Å². The van der Waals surface area contributed by atoms with Gasteiger partial charge in [0, 0.05) is 33.4 Å². The molecule has 0 aliphatic carbocycles. The van der Waals surface area contributed by atoms with Gasteiger partial charge >= 0.3 is 0 Å². The van der Waals surface area contributed by atoms with Gasteiger partial charge in [-0.05, 0) is 25.9 Å². The van der Waals surface area contributed by atoms with Crippen molar-refractivity contribution in [3.8, 4) is 11.3 Å². The fourth-order valence-corrected chi connectivity index (χ4v) is 1.29. The summed E-state index contributed by atoms with van der Waals surface area (Å²) >= 11 is 0. The number of hydrogen-bond donors (Lipinski definition) is 0. The van der Waals surface area contributed by atoms with Crippen LogP contribution in [0.25, 0.3) is 11.3 Å². The minimum atomic E-state index is 0. The summed E-state index contributed by atoms with van der Waals surface area (Å²) < 4.78 is 4.60. The van der Waals surface area contributed by atoms with Crippen LogP contribution in [0.3, 0.4) is 0 Å². The van der Waals surface area contributed by atoms with Crippen LogP contribution >= 0.6 is 0 Å². The minimum Gasteiger partial charge on any atom is -0.539 e. The molecule has 0 saturated carbocycles. The zero-order valence-corrected chi connectivity index (χ0v) is 13.7. The van der Waals surface area contributed by atoms with Crippen molar-refractivity contribution in [3.05, 3.63) is 61.5 Å². The minimum absolute atomic E-state index is 0. The average Bonchev–Trinajstić information content (AvgIpc) is 2.41. The molecule has 0 aliphatic rings. The zero-order chi connectivity index (χ0) is 13.2. The molecule has 0 saturated heterocycles. The zero-order valence-electron chi connectivity index (χ0n) is 11.3. The van der Waals surface area contributed by atoms with Crippen molar-refractivity contribution in [3.63, 3.8) is 0 Å². The second-order valence-electron chi connectivity index (χ2n) is 3.80. The van der Waals surface area contributed by atoms with Crippen LogP contribution in [-0.4, -0.2) is 31.1 Å². The van der Waals surface area contributed by atoms with E-state index in [9.17, 15) is 0 Å². The van der Waals surface area contributed by atoms with Crippen molar-refractivity contribution in [2.24, 2.45) is 0 Å². The van der Waals surface area contributed by atoms with Crippen LogP contribution < -0.4 is 0 Å². The molecule has 19 heavy (non-hydrogen) atoms. The molecule has 0 aliphatic heterocycles. The third-order valence-corrected chi connectivity index (χ3v) is 1.97. The van der Waals surface area contributed by atoms with Crippen molar-refractivity contribution < 1.29 is 24.8 Å².